The molecule has 0 unspecified atom stereocenters. The van der Waals surface area contributed by atoms with Crippen LogP contribution < -0.4 is 5.32 Å². The summed E-state index contributed by atoms with van der Waals surface area (Å²) in [5.41, 5.74) is 1.79. The van der Waals surface area contributed by atoms with Gasteiger partial charge in [-0.25, -0.2) is 0 Å². The van der Waals surface area contributed by atoms with Crippen molar-refractivity contribution in [2.45, 2.75) is 38.7 Å². The summed E-state index contributed by atoms with van der Waals surface area (Å²) < 4.78 is 5.67. The average Bonchev–Trinajstić information content (AvgIpc) is 3.20. The molecule has 124 valence electrons. The number of hydrogen-bond donors (Lipinski definition) is 2. The molecule has 1 amide bonds. The van der Waals surface area contributed by atoms with E-state index in [1.807, 2.05) is 24.3 Å². The lowest BCUT2D eigenvalue weighted by molar-refractivity contribution is -0.141. The first-order chi connectivity index (χ1) is 11.1. The fourth-order valence-corrected chi connectivity index (χ4v) is 3.06. The fourth-order valence-electron chi connectivity index (χ4n) is 3.06. The molecule has 1 aromatic carbocycles. The minimum Gasteiger partial charge on any atom is -0.481 e. The standard InChI is InChI=1S/C18H23NO4/c20-17(14-6-7-15(9-14)18(21)22)19-16-3-1-2-13(8-16)11-23-10-12-4-5-12/h1-3,8,12,14-15H,4-7,9-11H2,(H,19,20)(H,21,22)/t14-,15+/m0/s1. The number of carboxylic acids is 1. The summed E-state index contributed by atoms with van der Waals surface area (Å²) in [6, 6.07) is 7.67. The number of hydrogen-bond acceptors (Lipinski definition) is 3. The van der Waals surface area contributed by atoms with Crippen molar-refractivity contribution < 1.29 is 19.4 Å². The number of nitrogens with one attached hydrogen (secondary N) is 1. The van der Waals surface area contributed by atoms with E-state index in [1.165, 1.54) is 12.8 Å². The zero-order valence-electron chi connectivity index (χ0n) is 13.2. The van der Waals surface area contributed by atoms with Crippen molar-refractivity contribution in [3.05, 3.63) is 29.8 Å². The molecule has 2 N–H and O–H groups in total. The Morgan fingerprint density at radius 2 is 1.96 bits per heavy atom. The van der Waals surface area contributed by atoms with Crippen LogP contribution in [-0.2, 0) is 20.9 Å². The molecule has 3 rings (SSSR count). The van der Waals surface area contributed by atoms with Crippen LogP contribution in [0.1, 0.15) is 37.7 Å². The molecule has 5 nitrogen and oxygen atoms in total. The third kappa shape index (κ3) is 4.55. The minimum atomic E-state index is -0.796. The zero-order valence-corrected chi connectivity index (χ0v) is 13.2. The van der Waals surface area contributed by atoms with Gasteiger partial charge in [0.1, 0.15) is 0 Å². The maximum atomic E-state index is 12.3. The van der Waals surface area contributed by atoms with Crippen molar-refractivity contribution in [3.8, 4) is 0 Å². The molecule has 1 aromatic rings. The van der Waals surface area contributed by atoms with Gasteiger partial charge in [-0.3, -0.25) is 9.59 Å². The molecule has 2 fully saturated rings. The van der Waals surface area contributed by atoms with Gasteiger partial charge in [0.15, 0.2) is 0 Å². The van der Waals surface area contributed by atoms with Crippen LogP contribution in [0.2, 0.25) is 0 Å². The topological polar surface area (TPSA) is 75.6 Å². The largest absolute Gasteiger partial charge is 0.481 e. The minimum absolute atomic E-state index is 0.0789. The number of amides is 1. The molecule has 2 saturated carbocycles. The molecule has 0 spiro atoms. The van der Waals surface area contributed by atoms with Crippen LogP contribution in [0.25, 0.3) is 0 Å². The predicted molar refractivity (Wildman–Crippen MR) is 85.9 cm³/mol. The first-order valence-electron chi connectivity index (χ1n) is 8.32. The Morgan fingerprint density at radius 1 is 1.17 bits per heavy atom. The van der Waals surface area contributed by atoms with E-state index in [0.29, 0.717) is 25.9 Å². The Bertz CT molecular complexity index is 582. The van der Waals surface area contributed by atoms with Crippen molar-refractivity contribution in [2.24, 2.45) is 17.8 Å². The van der Waals surface area contributed by atoms with Crippen LogP contribution >= 0.6 is 0 Å². The Hall–Kier alpha value is -1.88. The third-order valence-electron chi connectivity index (χ3n) is 4.67. The van der Waals surface area contributed by atoms with Gasteiger partial charge in [0, 0.05) is 18.2 Å². The number of aliphatic carboxylic acids is 1. The summed E-state index contributed by atoms with van der Waals surface area (Å²) in [7, 11) is 0. The normalized spacial score (nSPS) is 23.7. The summed E-state index contributed by atoms with van der Waals surface area (Å²) in [5, 5.41) is 11.9. The lowest BCUT2D eigenvalue weighted by Crippen LogP contribution is -2.21. The van der Waals surface area contributed by atoms with E-state index in [9.17, 15) is 9.59 Å². The molecule has 2 atom stereocenters. The SMILES string of the molecule is O=C(O)[C@@H]1CC[C@H](C(=O)Nc2cccc(COCC3CC3)c2)C1. The number of rotatable bonds is 7. The van der Waals surface area contributed by atoms with Gasteiger partial charge in [0.25, 0.3) is 0 Å². The molecule has 0 aromatic heterocycles. The summed E-state index contributed by atoms with van der Waals surface area (Å²) in [4.78, 5) is 23.3. The van der Waals surface area contributed by atoms with Crippen molar-refractivity contribution in [1.29, 1.82) is 0 Å². The van der Waals surface area contributed by atoms with E-state index in [0.717, 1.165) is 23.8 Å². The predicted octanol–water partition coefficient (Wildman–Crippen LogP) is 3.05. The molecule has 0 bridgehead atoms. The second-order valence-electron chi connectivity index (χ2n) is 6.69. The van der Waals surface area contributed by atoms with Gasteiger partial charge in [-0.1, -0.05) is 12.1 Å². The van der Waals surface area contributed by atoms with E-state index < -0.39 is 5.97 Å². The van der Waals surface area contributed by atoms with Gasteiger partial charge in [-0.05, 0) is 55.7 Å². The lowest BCUT2D eigenvalue weighted by atomic mass is 10.0. The van der Waals surface area contributed by atoms with Crippen LogP contribution in [0.5, 0.6) is 0 Å². The van der Waals surface area contributed by atoms with E-state index in [2.05, 4.69) is 5.32 Å². The lowest BCUT2D eigenvalue weighted by Gasteiger charge is -2.12. The van der Waals surface area contributed by atoms with Gasteiger partial charge in [-0.2, -0.15) is 0 Å². The molecule has 0 heterocycles. The maximum Gasteiger partial charge on any atom is 0.306 e. The molecule has 2 aliphatic carbocycles. The molecular weight excluding hydrogens is 294 g/mol. The molecular formula is C18H23NO4. The Morgan fingerprint density at radius 3 is 2.65 bits per heavy atom. The van der Waals surface area contributed by atoms with Crippen LogP contribution in [0.15, 0.2) is 24.3 Å². The van der Waals surface area contributed by atoms with Crippen molar-refractivity contribution in [2.75, 3.05) is 11.9 Å². The highest BCUT2D eigenvalue weighted by molar-refractivity contribution is 5.93. The quantitative estimate of drug-likeness (QED) is 0.810. The van der Waals surface area contributed by atoms with Gasteiger partial charge in [0.05, 0.1) is 12.5 Å². The van der Waals surface area contributed by atoms with Crippen LogP contribution in [-0.4, -0.2) is 23.6 Å². The number of carbonyl (C=O) groups excluding carboxylic acids is 1. The number of anilines is 1. The monoisotopic (exact) mass is 317 g/mol. The van der Waals surface area contributed by atoms with Gasteiger partial charge in [-0.15, -0.1) is 0 Å². The van der Waals surface area contributed by atoms with Crippen LogP contribution in [0.4, 0.5) is 5.69 Å². The van der Waals surface area contributed by atoms with Crippen LogP contribution in [0, 0.1) is 17.8 Å². The Labute approximate surface area is 136 Å². The summed E-state index contributed by atoms with van der Waals surface area (Å²) >= 11 is 0. The van der Waals surface area contributed by atoms with E-state index in [1.54, 1.807) is 0 Å². The highest BCUT2D eigenvalue weighted by Crippen LogP contribution is 2.32. The number of benzene rings is 1. The molecule has 23 heavy (non-hydrogen) atoms. The Balaban J connectivity index is 1.50. The summed E-state index contributed by atoms with van der Waals surface area (Å²) in [6.45, 7) is 1.37. The van der Waals surface area contributed by atoms with Crippen molar-refractivity contribution >= 4 is 17.6 Å². The third-order valence-corrected chi connectivity index (χ3v) is 4.67. The second-order valence-corrected chi connectivity index (χ2v) is 6.69. The first-order valence-corrected chi connectivity index (χ1v) is 8.32. The first kappa shape index (κ1) is 16.0. The molecule has 0 saturated heterocycles. The smallest absolute Gasteiger partial charge is 0.306 e. The van der Waals surface area contributed by atoms with Crippen LogP contribution in [0.3, 0.4) is 0 Å². The molecule has 5 heteroatoms. The average molecular weight is 317 g/mol. The van der Waals surface area contributed by atoms with Crippen molar-refractivity contribution in [3.63, 3.8) is 0 Å². The van der Waals surface area contributed by atoms with E-state index in [4.69, 9.17) is 9.84 Å². The maximum absolute atomic E-state index is 12.3. The Kier molecular flexibility index (Phi) is 4.96. The van der Waals surface area contributed by atoms with E-state index in [-0.39, 0.29) is 17.7 Å². The van der Waals surface area contributed by atoms with Gasteiger partial charge < -0.3 is 15.2 Å². The highest BCUT2D eigenvalue weighted by Gasteiger charge is 2.33. The summed E-state index contributed by atoms with van der Waals surface area (Å²) in [6.07, 6.45) is 4.21. The van der Waals surface area contributed by atoms with Gasteiger partial charge >= 0.3 is 5.97 Å². The fraction of sp³-hybridized carbons (Fsp3) is 0.556. The number of carbonyl (C=O) groups is 2. The summed E-state index contributed by atoms with van der Waals surface area (Å²) in [5.74, 6) is -0.721. The molecule has 0 aliphatic heterocycles. The van der Waals surface area contributed by atoms with Gasteiger partial charge in [0.2, 0.25) is 5.91 Å². The molecule has 2 aliphatic rings. The zero-order chi connectivity index (χ0) is 16.2. The number of carboxylic acid groups (broad SMARTS) is 1. The second kappa shape index (κ2) is 7.13. The highest BCUT2D eigenvalue weighted by atomic mass is 16.5. The molecule has 0 radical (unpaired) electrons. The number of ether oxygens (including phenoxy) is 1. The van der Waals surface area contributed by atoms with Crippen molar-refractivity contribution in [1.82, 2.24) is 0 Å². The van der Waals surface area contributed by atoms with E-state index >= 15 is 0 Å².